The third-order valence-electron chi connectivity index (χ3n) is 4.18. The monoisotopic (exact) mass is 314 g/mol. The number of benzene rings is 1. The first-order chi connectivity index (χ1) is 10.9. The highest BCUT2D eigenvalue weighted by Gasteiger charge is 2.15. The van der Waals surface area contributed by atoms with E-state index in [0.29, 0.717) is 6.61 Å². The van der Waals surface area contributed by atoms with Crippen LogP contribution in [-0.4, -0.2) is 18.0 Å². The van der Waals surface area contributed by atoms with Crippen molar-refractivity contribution in [2.24, 2.45) is 4.99 Å². The van der Waals surface area contributed by atoms with Gasteiger partial charge in [0.05, 0.1) is 12.3 Å². The number of rotatable bonds is 5. The fourth-order valence-electron chi connectivity index (χ4n) is 2.98. The lowest BCUT2D eigenvalue weighted by Gasteiger charge is -2.21. The predicted octanol–water partition coefficient (Wildman–Crippen LogP) is 5.55. The normalized spacial score (nSPS) is 16.2. The highest BCUT2D eigenvalue weighted by atomic mass is 32.1. The zero-order valence-corrected chi connectivity index (χ0v) is 13.8. The maximum absolute atomic E-state index is 5.11. The molecular weight excluding hydrogens is 292 g/mol. The molecule has 116 valence electrons. The van der Waals surface area contributed by atoms with Crippen LogP contribution in [-0.2, 0) is 4.74 Å². The van der Waals surface area contributed by atoms with E-state index in [4.69, 9.17) is 4.74 Å². The molecule has 1 aromatic carbocycles. The second-order valence-electron chi connectivity index (χ2n) is 5.66. The van der Waals surface area contributed by atoms with Gasteiger partial charge in [0, 0.05) is 10.9 Å². The van der Waals surface area contributed by atoms with E-state index >= 15 is 0 Å². The smallest absolute Gasteiger partial charge is 0.212 e. The molecule has 1 aromatic heterocycles. The minimum absolute atomic E-state index is 0.629. The maximum Gasteiger partial charge on any atom is 0.212 e. The molecule has 4 heteroatoms. The quantitative estimate of drug-likeness (QED) is 0.535. The molecule has 2 aromatic rings. The number of thiazole rings is 1. The van der Waals surface area contributed by atoms with E-state index in [1.165, 1.54) is 55.4 Å². The van der Waals surface area contributed by atoms with Gasteiger partial charge < -0.3 is 4.74 Å². The number of ether oxygens (including phenoxy) is 1. The van der Waals surface area contributed by atoms with Crippen molar-refractivity contribution >= 4 is 22.9 Å². The van der Waals surface area contributed by atoms with E-state index in [1.54, 1.807) is 0 Å². The molecule has 22 heavy (non-hydrogen) atoms. The molecule has 0 saturated heterocycles. The average Bonchev–Trinajstić information content (AvgIpc) is 3.05. The molecule has 0 aliphatic heterocycles. The van der Waals surface area contributed by atoms with Crippen LogP contribution in [0.2, 0.25) is 0 Å². The SMILES string of the molecule is CCOC=Nc1nc(-c2ccc(C3CCCCC3)cc2)cs1. The van der Waals surface area contributed by atoms with Gasteiger partial charge in [0.2, 0.25) is 5.13 Å². The maximum atomic E-state index is 5.11. The lowest BCUT2D eigenvalue weighted by Crippen LogP contribution is -2.04. The van der Waals surface area contributed by atoms with E-state index in [2.05, 4.69) is 34.2 Å². The number of aliphatic imine (C=N–C) groups is 1. The fraction of sp³-hybridized carbons (Fsp3) is 0.444. The highest BCUT2D eigenvalue weighted by Crippen LogP contribution is 2.34. The highest BCUT2D eigenvalue weighted by molar-refractivity contribution is 7.13. The molecule has 1 fully saturated rings. The van der Waals surface area contributed by atoms with Crippen LogP contribution in [0.15, 0.2) is 34.6 Å². The first-order valence-corrected chi connectivity index (χ1v) is 8.95. The first-order valence-electron chi connectivity index (χ1n) is 8.07. The van der Waals surface area contributed by atoms with Crippen LogP contribution >= 0.6 is 11.3 Å². The summed E-state index contributed by atoms with van der Waals surface area (Å²) in [7, 11) is 0. The van der Waals surface area contributed by atoms with Gasteiger partial charge in [-0.2, -0.15) is 4.99 Å². The van der Waals surface area contributed by atoms with Crippen molar-refractivity contribution in [1.29, 1.82) is 0 Å². The number of hydrogen-bond acceptors (Lipinski definition) is 4. The second kappa shape index (κ2) is 7.54. The van der Waals surface area contributed by atoms with Crippen LogP contribution in [0.5, 0.6) is 0 Å². The Hall–Kier alpha value is -1.68. The van der Waals surface area contributed by atoms with Crippen molar-refractivity contribution < 1.29 is 4.74 Å². The topological polar surface area (TPSA) is 34.5 Å². The van der Waals surface area contributed by atoms with Crippen molar-refractivity contribution in [3.8, 4) is 11.3 Å². The fourth-order valence-corrected chi connectivity index (χ4v) is 3.64. The van der Waals surface area contributed by atoms with Crippen LogP contribution in [0.1, 0.15) is 50.5 Å². The van der Waals surface area contributed by atoms with Gasteiger partial charge >= 0.3 is 0 Å². The summed E-state index contributed by atoms with van der Waals surface area (Å²) in [5.74, 6) is 0.754. The minimum Gasteiger partial charge on any atom is -0.483 e. The zero-order chi connectivity index (χ0) is 15.2. The van der Waals surface area contributed by atoms with E-state index in [0.717, 1.165) is 22.3 Å². The molecule has 1 aliphatic rings. The van der Waals surface area contributed by atoms with Crippen LogP contribution in [0.3, 0.4) is 0 Å². The van der Waals surface area contributed by atoms with E-state index in [-0.39, 0.29) is 0 Å². The lowest BCUT2D eigenvalue weighted by atomic mass is 9.84. The molecule has 0 amide bonds. The first kappa shape index (κ1) is 15.2. The molecule has 1 aliphatic carbocycles. The molecule has 0 bridgehead atoms. The summed E-state index contributed by atoms with van der Waals surface area (Å²) in [6.07, 6.45) is 8.30. The summed E-state index contributed by atoms with van der Waals surface area (Å²) in [5, 5.41) is 2.79. The van der Waals surface area contributed by atoms with E-state index in [9.17, 15) is 0 Å². The third-order valence-corrected chi connectivity index (χ3v) is 4.93. The summed E-state index contributed by atoms with van der Waals surface area (Å²) in [4.78, 5) is 8.73. The predicted molar refractivity (Wildman–Crippen MR) is 93.2 cm³/mol. The molecule has 0 N–H and O–H groups in total. The van der Waals surface area contributed by atoms with Crippen LogP contribution < -0.4 is 0 Å². The molecule has 1 saturated carbocycles. The number of hydrogen-bond donors (Lipinski definition) is 0. The van der Waals surface area contributed by atoms with Gasteiger partial charge in [-0.05, 0) is 31.2 Å². The Kier molecular flexibility index (Phi) is 5.22. The standard InChI is InChI=1S/C18H22N2OS/c1-2-21-13-19-18-20-17(12-22-18)16-10-8-15(9-11-16)14-6-4-3-5-7-14/h8-14H,2-7H2,1H3. The van der Waals surface area contributed by atoms with Gasteiger partial charge in [-0.15, -0.1) is 11.3 Å². The van der Waals surface area contributed by atoms with Crippen LogP contribution in [0.25, 0.3) is 11.3 Å². The van der Waals surface area contributed by atoms with Crippen molar-refractivity contribution in [3.63, 3.8) is 0 Å². The molecule has 0 unspecified atom stereocenters. The lowest BCUT2D eigenvalue weighted by molar-refractivity contribution is 0.344. The van der Waals surface area contributed by atoms with Gasteiger partial charge in [0.25, 0.3) is 0 Å². The Morgan fingerprint density at radius 1 is 1.23 bits per heavy atom. The van der Waals surface area contributed by atoms with Gasteiger partial charge in [0.1, 0.15) is 0 Å². The number of aromatic nitrogens is 1. The van der Waals surface area contributed by atoms with Crippen molar-refractivity contribution in [2.45, 2.75) is 44.9 Å². The minimum atomic E-state index is 0.629. The molecule has 3 rings (SSSR count). The summed E-state index contributed by atoms with van der Waals surface area (Å²) >= 11 is 1.54. The molecule has 0 spiro atoms. The van der Waals surface area contributed by atoms with E-state index < -0.39 is 0 Å². The number of nitrogens with zero attached hydrogens (tertiary/aromatic N) is 2. The summed E-state index contributed by atoms with van der Waals surface area (Å²) in [5.41, 5.74) is 3.63. The third kappa shape index (κ3) is 3.74. The second-order valence-corrected chi connectivity index (χ2v) is 6.50. The molecule has 0 atom stereocenters. The summed E-state index contributed by atoms with van der Waals surface area (Å²) < 4.78 is 5.11. The Balaban J connectivity index is 1.69. The summed E-state index contributed by atoms with van der Waals surface area (Å²) in [6.45, 7) is 2.57. The van der Waals surface area contributed by atoms with Gasteiger partial charge in [0.15, 0.2) is 6.40 Å². The van der Waals surface area contributed by atoms with E-state index in [1.807, 2.05) is 12.3 Å². The van der Waals surface area contributed by atoms with Crippen LogP contribution in [0.4, 0.5) is 5.13 Å². The Labute approximate surface area is 136 Å². The van der Waals surface area contributed by atoms with Crippen molar-refractivity contribution in [2.75, 3.05) is 6.61 Å². The molecule has 1 heterocycles. The van der Waals surface area contributed by atoms with Gasteiger partial charge in [-0.3, -0.25) is 0 Å². The van der Waals surface area contributed by atoms with Crippen molar-refractivity contribution in [3.05, 3.63) is 35.2 Å². The Morgan fingerprint density at radius 2 is 2.00 bits per heavy atom. The summed E-state index contributed by atoms with van der Waals surface area (Å²) in [6, 6.07) is 8.92. The Bertz CT molecular complexity index is 612. The zero-order valence-electron chi connectivity index (χ0n) is 13.0. The van der Waals surface area contributed by atoms with Crippen LogP contribution in [0, 0.1) is 0 Å². The van der Waals surface area contributed by atoms with Gasteiger partial charge in [-0.25, -0.2) is 4.98 Å². The largest absolute Gasteiger partial charge is 0.483 e. The molecule has 3 nitrogen and oxygen atoms in total. The van der Waals surface area contributed by atoms with Gasteiger partial charge in [-0.1, -0.05) is 43.5 Å². The molecule has 0 radical (unpaired) electrons. The average molecular weight is 314 g/mol. The Morgan fingerprint density at radius 3 is 2.73 bits per heavy atom. The molecular formula is C18H22N2OS. The van der Waals surface area contributed by atoms with Crippen molar-refractivity contribution in [1.82, 2.24) is 4.98 Å².